The first-order valence-corrected chi connectivity index (χ1v) is 13.1. The zero-order valence-corrected chi connectivity index (χ0v) is 22.7. The van der Waals surface area contributed by atoms with Crippen molar-refractivity contribution in [3.63, 3.8) is 0 Å². The molecular weight excluding hydrogens is 564 g/mol. The van der Waals surface area contributed by atoms with E-state index in [0.717, 1.165) is 22.9 Å². The van der Waals surface area contributed by atoms with Crippen molar-refractivity contribution in [2.75, 3.05) is 6.61 Å². The highest BCUT2D eigenvalue weighted by molar-refractivity contribution is 8.18. The fraction of sp³-hybridized carbons (Fsp3) is 0.154. The van der Waals surface area contributed by atoms with Crippen molar-refractivity contribution in [3.8, 4) is 11.5 Å². The van der Waals surface area contributed by atoms with Gasteiger partial charge in [0, 0.05) is 20.6 Å². The fourth-order valence-electron chi connectivity index (χ4n) is 3.42. The molecular formula is C26H19Cl4NO4S. The number of halogens is 4. The lowest BCUT2D eigenvalue weighted by atomic mass is 10.1. The van der Waals surface area contributed by atoms with Gasteiger partial charge in [0.1, 0.15) is 6.61 Å². The van der Waals surface area contributed by atoms with Gasteiger partial charge in [-0.1, -0.05) is 64.6 Å². The SMILES string of the molecule is CCOc1cc(/C=C2\SC(=O)N(Cc3ccc(Cl)cc3)C2=O)cc(Cl)c1OCc1ccc(Cl)cc1Cl. The molecule has 0 bridgehead atoms. The molecule has 4 rings (SSSR count). The van der Waals surface area contributed by atoms with Crippen LogP contribution in [0, 0.1) is 0 Å². The second-order valence-corrected chi connectivity index (χ2v) is 10.4. The second kappa shape index (κ2) is 11.8. The number of thioether (sulfide) groups is 1. The number of rotatable bonds is 8. The van der Waals surface area contributed by atoms with Crippen LogP contribution in [0.15, 0.2) is 59.5 Å². The summed E-state index contributed by atoms with van der Waals surface area (Å²) in [5.74, 6) is 0.367. The molecule has 0 aromatic heterocycles. The third kappa shape index (κ3) is 6.31. The Morgan fingerprint density at radius 2 is 1.61 bits per heavy atom. The van der Waals surface area contributed by atoms with Crippen LogP contribution < -0.4 is 9.47 Å². The Morgan fingerprint density at radius 1 is 0.889 bits per heavy atom. The lowest BCUT2D eigenvalue weighted by Gasteiger charge is -2.15. The van der Waals surface area contributed by atoms with Gasteiger partial charge in [-0.05, 0) is 72.3 Å². The number of amides is 2. The first kappa shape index (κ1) is 26.7. The second-order valence-electron chi connectivity index (χ2n) is 7.68. The molecule has 0 N–H and O–H groups in total. The summed E-state index contributed by atoms with van der Waals surface area (Å²) in [5.41, 5.74) is 2.13. The van der Waals surface area contributed by atoms with E-state index in [-0.39, 0.29) is 34.2 Å². The molecule has 3 aromatic carbocycles. The van der Waals surface area contributed by atoms with Crippen LogP contribution in [0.25, 0.3) is 6.08 Å². The minimum atomic E-state index is -0.383. The Kier molecular flexibility index (Phi) is 8.75. The molecule has 5 nitrogen and oxygen atoms in total. The molecule has 0 spiro atoms. The van der Waals surface area contributed by atoms with Crippen molar-refractivity contribution >= 4 is 75.4 Å². The highest BCUT2D eigenvalue weighted by Crippen LogP contribution is 2.40. The summed E-state index contributed by atoms with van der Waals surface area (Å²) in [6, 6.07) is 15.5. The van der Waals surface area contributed by atoms with Crippen LogP contribution in [0.1, 0.15) is 23.6 Å². The molecule has 3 aromatic rings. The van der Waals surface area contributed by atoms with E-state index in [2.05, 4.69) is 0 Å². The Labute approximate surface area is 232 Å². The van der Waals surface area contributed by atoms with Gasteiger partial charge in [-0.25, -0.2) is 0 Å². The monoisotopic (exact) mass is 581 g/mol. The van der Waals surface area contributed by atoms with E-state index in [9.17, 15) is 9.59 Å². The van der Waals surface area contributed by atoms with Crippen LogP contribution in [0.4, 0.5) is 4.79 Å². The molecule has 10 heteroatoms. The molecule has 0 saturated carbocycles. The van der Waals surface area contributed by atoms with Gasteiger partial charge in [-0.3, -0.25) is 14.5 Å². The van der Waals surface area contributed by atoms with Crippen molar-refractivity contribution in [2.24, 2.45) is 0 Å². The molecule has 0 atom stereocenters. The van der Waals surface area contributed by atoms with E-state index in [0.29, 0.717) is 38.7 Å². The van der Waals surface area contributed by atoms with Crippen molar-refractivity contribution in [1.82, 2.24) is 4.90 Å². The van der Waals surface area contributed by atoms with Gasteiger partial charge in [-0.15, -0.1) is 0 Å². The zero-order valence-electron chi connectivity index (χ0n) is 18.9. The summed E-state index contributed by atoms with van der Waals surface area (Å²) >= 11 is 25.5. The summed E-state index contributed by atoms with van der Waals surface area (Å²) < 4.78 is 11.7. The van der Waals surface area contributed by atoms with Crippen LogP contribution in [0.5, 0.6) is 11.5 Å². The fourth-order valence-corrected chi connectivity index (χ4v) is 5.12. The molecule has 1 aliphatic rings. The number of benzene rings is 3. The number of carbonyl (C=O) groups excluding carboxylic acids is 2. The molecule has 1 heterocycles. The molecule has 0 unspecified atom stereocenters. The smallest absolute Gasteiger partial charge is 0.293 e. The minimum Gasteiger partial charge on any atom is -0.490 e. The Morgan fingerprint density at radius 3 is 2.31 bits per heavy atom. The van der Waals surface area contributed by atoms with Gasteiger partial charge < -0.3 is 9.47 Å². The van der Waals surface area contributed by atoms with Gasteiger partial charge in [0.15, 0.2) is 11.5 Å². The Bertz CT molecular complexity index is 1340. The summed E-state index contributed by atoms with van der Waals surface area (Å²) in [5, 5.41) is 1.52. The number of carbonyl (C=O) groups is 2. The molecule has 36 heavy (non-hydrogen) atoms. The Balaban J connectivity index is 1.55. The standard InChI is InChI=1S/C26H19Cl4NO4S/c1-2-34-22-10-16(9-21(30)24(22)35-14-17-5-8-19(28)12-20(17)29)11-23-25(32)31(26(33)36-23)13-15-3-6-18(27)7-4-15/h3-12H,2,13-14H2,1H3/b23-11-. The third-order valence-electron chi connectivity index (χ3n) is 5.14. The quantitative estimate of drug-likeness (QED) is 0.249. The maximum Gasteiger partial charge on any atom is 0.293 e. The maximum absolute atomic E-state index is 12.9. The highest BCUT2D eigenvalue weighted by Gasteiger charge is 2.35. The van der Waals surface area contributed by atoms with Crippen molar-refractivity contribution in [2.45, 2.75) is 20.1 Å². The molecule has 1 aliphatic heterocycles. The first-order valence-electron chi connectivity index (χ1n) is 10.8. The normalized spacial score (nSPS) is 14.6. The maximum atomic E-state index is 12.9. The summed E-state index contributed by atoms with van der Waals surface area (Å²) in [4.78, 5) is 27.0. The average Bonchev–Trinajstić information content (AvgIpc) is 3.08. The zero-order chi connectivity index (χ0) is 25.8. The van der Waals surface area contributed by atoms with Crippen molar-refractivity contribution in [3.05, 3.63) is 96.3 Å². The molecule has 1 saturated heterocycles. The molecule has 1 fully saturated rings. The van der Waals surface area contributed by atoms with Crippen LogP contribution in [-0.4, -0.2) is 22.7 Å². The van der Waals surface area contributed by atoms with E-state index < -0.39 is 0 Å². The minimum absolute atomic E-state index is 0.152. The van der Waals surface area contributed by atoms with Gasteiger partial charge in [0.05, 0.1) is 23.1 Å². The topological polar surface area (TPSA) is 55.8 Å². The largest absolute Gasteiger partial charge is 0.490 e. The summed E-state index contributed by atoms with van der Waals surface area (Å²) in [7, 11) is 0. The lowest BCUT2D eigenvalue weighted by Crippen LogP contribution is -2.27. The van der Waals surface area contributed by atoms with Crippen molar-refractivity contribution in [1.29, 1.82) is 0 Å². The number of ether oxygens (including phenoxy) is 2. The van der Waals surface area contributed by atoms with E-state index in [4.69, 9.17) is 55.9 Å². The first-order chi connectivity index (χ1) is 17.2. The van der Waals surface area contributed by atoms with Crippen LogP contribution in [0.2, 0.25) is 20.1 Å². The highest BCUT2D eigenvalue weighted by atomic mass is 35.5. The van der Waals surface area contributed by atoms with E-state index in [1.165, 1.54) is 4.90 Å². The van der Waals surface area contributed by atoms with Gasteiger partial charge >= 0.3 is 0 Å². The third-order valence-corrected chi connectivity index (χ3v) is 7.17. The lowest BCUT2D eigenvalue weighted by molar-refractivity contribution is -0.123. The predicted octanol–water partition coefficient (Wildman–Crippen LogP) is 8.51. The predicted molar refractivity (Wildman–Crippen MR) is 146 cm³/mol. The van der Waals surface area contributed by atoms with E-state index >= 15 is 0 Å². The average molecular weight is 583 g/mol. The summed E-state index contributed by atoms with van der Waals surface area (Å²) in [6.07, 6.45) is 1.61. The van der Waals surface area contributed by atoms with Gasteiger partial charge in [-0.2, -0.15) is 0 Å². The molecule has 2 amide bonds. The molecule has 186 valence electrons. The molecule has 0 aliphatic carbocycles. The number of nitrogens with zero attached hydrogens (tertiary/aromatic N) is 1. The number of imide groups is 1. The van der Waals surface area contributed by atoms with Crippen molar-refractivity contribution < 1.29 is 19.1 Å². The van der Waals surface area contributed by atoms with Crippen LogP contribution in [0.3, 0.4) is 0 Å². The van der Waals surface area contributed by atoms with Gasteiger partial charge in [0.2, 0.25) is 0 Å². The van der Waals surface area contributed by atoms with Gasteiger partial charge in [0.25, 0.3) is 11.1 Å². The Hall–Kier alpha value is -2.35. The van der Waals surface area contributed by atoms with E-state index in [1.807, 2.05) is 6.92 Å². The van der Waals surface area contributed by atoms with Crippen LogP contribution >= 0.6 is 58.2 Å². The number of hydrogen-bond acceptors (Lipinski definition) is 5. The number of hydrogen-bond donors (Lipinski definition) is 0. The van der Waals surface area contributed by atoms with E-state index in [1.54, 1.807) is 60.7 Å². The summed E-state index contributed by atoms with van der Waals surface area (Å²) in [6.45, 7) is 2.51. The van der Waals surface area contributed by atoms with Crippen LogP contribution in [-0.2, 0) is 17.9 Å². The molecule has 0 radical (unpaired) electrons.